The number of pyridine rings is 1. The summed E-state index contributed by atoms with van der Waals surface area (Å²) in [5, 5.41) is 0. The molecule has 0 unspecified atom stereocenters. The molecule has 0 atom stereocenters. The van der Waals surface area contributed by atoms with Crippen molar-refractivity contribution in [1.29, 1.82) is 0 Å². The second kappa shape index (κ2) is 4.93. The van der Waals surface area contributed by atoms with E-state index in [0.29, 0.717) is 17.2 Å². The molecule has 2 rings (SSSR count). The van der Waals surface area contributed by atoms with E-state index in [0.717, 1.165) is 5.56 Å². The summed E-state index contributed by atoms with van der Waals surface area (Å²) >= 11 is 0. The minimum Gasteiger partial charge on any atom is -0.438 e. The Kier molecular flexibility index (Phi) is 3.35. The highest BCUT2D eigenvalue weighted by molar-refractivity contribution is 5.38. The summed E-state index contributed by atoms with van der Waals surface area (Å²) in [4.78, 5) is 4.09. The van der Waals surface area contributed by atoms with Crippen molar-refractivity contribution >= 4 is 0 Å². The highest BCUT2D eigenvalue weighted by Gasteiger charge is 2.10. The number of nitrogens with two attached hydrogens (primary N) is 1. The van der Waals surface area contributed by atoms with Crippen LogP contribution < -0.4 is 10.5 Å². The minimum absolute atomic E-state index is 0.0912. The number of rotatable bonds is 3. The largest absolute Gasteiger partial charge is 0.438 e. The summed E-state index contributed by atoms with van der Waals surface area (Å²) in [6.45, 7) is 1.97. The lowest BCUT2D eigenvalue weighted by atomic mass is 10.2. The fourth-order valence-electron chi connectivity index (χ4n) is 1.51. The SMILES string of the molecule is Cc1cccnc1Oc1cccc(F)c1CN. The van der Waals surface area contributed by atoms with Gasteiger partial charge in [0.1, 0.15) is 11.6 Å². The molecule has 0 radical (unpaired) electrons. The van der Waals surface area contributed by atoms with Gasteiger partial charge in [0.05, 0.1) is 0 Å². The maximum atomic E-state index is 13.5. The van der Waals surface area contributed by atoms with Gasteiger partial charge in [0.15, 0.2) is 0 Å². The van der Waals surface area contributed by atoms with Crippen LogP contribution in [-0.4, -0.2) is 4.98 Å². The highest BCUT2D eigenvalue weighted by atomic mass is 19.1. The van der Waals surface area contributed by atoms with Crippen LogP contribution in [0.3, 0.4) is 0 Å². The Bertz CT molecular complexity index is 529. The normalized spacial score (nSPS) is 10.3. The summed E-state index contributed by atoms with van der Waals surface area (Å²) in [5.41, 5.74) is 6.75. The van der Waals surface area contributed by atoms with E-state index in [1.54, 1.807) is 18.3 Å². The van der Waals surface area contributed by atoms with Crippen LogP contribution in [0.25, 0.3) is 0 Å². The number of hydrogen-bond donors (Lipinski definition) is 1. The first-order valence-electron chi connectivity index (χ1n) is 5.29. The number of aryl methyl sites for hydroxylation is 1. The highest BCUT2D eigenvalue weighted by Crippen LogP contribution is 2.27. The molecule has 0 spiro atoms. The zero-order valence-electron chi connectivity index (χ0n) is 9.48. The Morgan fingerprint density at radius 2 is 2.12 bits per heavy atom. The van der Waals surface area contributed by atoms with E-state index in [9.17, 15) is 4.39 Å². The molecule has 2 N–H and O–H groups in total. The van der Waals surface area contributed by atoms with Crippen LogP contribution >= 0.6 is 0 Å². The number of halogens is 1. The van der Waals surface area contributed by atoms with Gasteiger partial charge in [-0.3, -0.25) is 0 Å². The molecule has 1 heterocycles. The van der Waals surface area contributed by atoms with Gasteiger partial charge >= 0.3 is 0 Å². The van der Waals surface area contributed by atoms with Crippen molar-refractivity contribution in [2.75, 3.05) is 0 Å². The smallest absolute Gasteiger partial charge is 0.222 e. The molecule has 0 saturated heterocycles. The predicted molar refractivity (Wildman–Crippen MR) is 63.3 cm³/mol. The first-order chi connectivity index (χ1) is 8.22. The van der Waals surface area contributed by atoms with E-state index in [1.165, 1.54) is 6.07 Å². The molecular formula is C13H13FN2O. The number of hydrogen-bond acceptors (Lipinski definition) is 3. The lowest BCUT2D eigenvalue weighted by Gasteiger charge is -2.11. The Morgan fingerprint density at radius 3 is 2.82 bits per heavy atom. The van der Waals surface area contributed by atoms with Gasteiger partial charge in [-0.05, 0) is 25.1 Å². The molecule has 0 bridgehead atoms. The van der Waals surface area contributed by atoms with Crippen LogP contribution in [0.15, 0.2) is 36.5 Å². The topological polar surface area (TPSA) is 48.1 Å². The fraction of sp³-hybridized carbons (Fsp3) is 0.154. The maximum Gasteiger partial charge on any atom is 0.222 e. The third kappa shape index (κ3) is 2.42. The predicted octanol–water partition coefficient (Wildman–Crippen LogP) is 2.78. The molecule has 1 aromatic carbocycles. The van der Waals surface area contributed by atoms with Crippen LogP contribution in [0, 0.1) is 12.7 Å². The van der Waals surface area contributed by atoms with E-state index in [-0.39, 0.29) is 12.4 Å². The van der Waals surface area contributed by atoms with Crippen molar-refractivity contribution in [3.8, 4) is 11.6 Å². The molecule has 0 fully saturated rings. The Hall–Kier alpha value is -1.94. The van der Waals surface area contributed by atoms with Gasteiger partial charge in [-0.25, -0.2) is 9.37 Å². The van der Waals surface area contributed by atoms with Crippen molar-refractivity contribution < 1.29 is 9.13 Å². The van der Waals surface area contributed by atoms with Gasteiger partial charge in [-0.15, -0.1) is 0 Å². The summed E-state index contributed by atoms with van der Waals surface area (Å²) in [6, 6.07) is 8.32. The first-order valence-corrected chi connectivity index (χ1v) is 5.29. The average molecular weight is 232 g/mol. The van der Waals surface area contributed by atoms with E-state index in [1.807, 2.05) is 19.1 Å². The third-order valence-electron chi connectivity index (χ3n) is 2.45. The van der Waals surface area contributed by atoms with E-state index in [4.69, 9.17) is 10.5 Å². The molecule has 17 heavy (non-hydrogen) atoms. The van der Waals surface area contributed by atoms with Crippen LogP contribution in [-0.2, 0) is 6.54 Å². The van der Waals surface area contributed by atoms with Crippen molar-refractivity contribution in [3.63, 3.8) is 0 Å². The van der Waals surface area contributed by atoms with E-state index in [2.05, 4.69) is 4.98 Å². The quantitative estimate of drug-likeness (QED) is 0.885. The maximum absolute atomic E-state index is 13.5. The minimum atomic E-state index is -0.362. The molecule has 3 nitrogen and oxygen atoms in total. The molecule has 0 aliphatic rings. The molecular weight excluding hydrogens is 219 g/mol. The number of aromatic nitrogens is 1. The lowest BCUT2D eigenvalue weighted by molar-refractivity contribution is 0.446. The van der Waals surface area contributed by atoms with Crippen LogP contribution in [0.5, 0.6) is 11.6 Å². The molecule has 0 saturated carbocycles. The molecule has 4 heteroatoms. The van der Waals surface area contributed by atoms with E-state index < -0.39 is 0 Å². The number of nitrogens with zero attached hydrogens (tertiary/aromatic N) is 1. The van der Waals surface area contributed by atoms with Crippen molar-refractivity contribution in [2.45, 2.75) is 13.5 Å². The van der Waals surface area contributed by atoms with Gasteiger partial charge < -0.3 is 10.5 Å². The fourth-order valence-corrected chi connectivity index (χ4v) is 1.51. The molecule has 0 aliphatic carbocycles. The van der Waals surface area contributed by atoms with Gasteiger partial charge in [-0.1, -0.05) is 12.1 Å². The summed E-state index contributed by atoms with van der Waals surface area (Å²) < 4.78 is 19.1. The van der Waals surface area contributed by atoms with Crippen molar-refractivity contribution in [3.05, 3.63) is 53.5 Å². The monoisotopic (exact) mass is 232 g/mol. The third-order valence-corrected chi connectivity index (χ3v) is 2.45. The number of benzene rings is 1. The standard InChI is InChI=1S/C13H13FN2O/c1-9-4-3-7-16-13(9)17-12-6-2-5-11(14)10(12)8-15/h2-7H,8,15H2,1H3. The summed E-state index contributed by atoms with van der Waals surface area (Å²) in [5.74, 6) is 0.515. The first kappa shape index (κ1) is 11.5. The van der Waals surface area contributed by atoms with Crippen LogP contribution in [0.2, 0.25) is 0 Å². The van der Waals surface area contributed by atoms with Crippen LogP contribution in [0.1, 0.15) is 11.1 Å². The second-order valence-corrected chi connectivity index (χ2v) is 3.65. The lowest BCUT2D eigenvalue weighted by Crippen LogP contribution is -2.03. The molecule has 0 amide bonds. The van der Waals surface area contributed by atoms with Gasteiger partial charge in [-0.2, -0.15) is 0 Å². The zero-order valence-corrected chi connectivity index (χ0v) is 9.48. The van der Waals surface area contributed by atoms with Gasteiger partial charge in [0.25, 0.3) is 0 Å². The number of ether oxygens (including phenoxy) is 1. The zero-order chi connectivity index (χ0) is 12.3. The van der Waals surface area contributed by atoms with Crippen molar-refractivity contribution in [2.24, 2.45) is 5.73 Å². The van der Waals surface area contributed by atoms with Gasteiger partial charge in [0, 0.05) is 23.9 Å². The molecule has 88 valence electrons. The Morgan fingerprint density at radius 1 is 1.29 bits per heavy atom. The summed E-state index contributed by atoms with van der Waals surface area (Å²) in [7, 11) is 0. The molecule has 0 aliphatic heterocycles. The van der Waals surface area contributed by atoms with Gasteiger partial charge in [0.2, 0.25) is 5.88 Å². The average Bonchev–Trinajstić information content (AvgIpc) is 2.32. The molecule has 2 aromatic rings. The Balaban J connectivity index is 2.37. The second-order valence-electron chi connectivity index (χ2n) is 3.65. The van der Waals surface area contributed by atoms with E-state index >= 15 is 0 Å². The Labute approximate surface area is 99.1 Å². The van der Waals surface area contributed by atoms with Crippen LogP contribution in [0.4, 0.5) is 4.39 Å². The van der Waals surface area contributed by atoms with Crippen molar-refractivity contribution in [1.82, 2.24) is 4.98 Å². The summed E-state index contributed by atoms with van der Waals surface area (Å²) in [6.07, 6.45) is 1.63. The molecule has 1 aromatic heterocycles.